The first-order valence-corrected chi connectivity index (χ1v) is 4.45. The molecule has 0 fully saturated rings. The summed E-state index contributed by atoms with van der Waals surface area (Å²) < 4.78 is 0. The molecule has 0 saturated heterocycles. The van der Waals surface area contributed by atoms with Crippen molar-refractivity contribution in [3.8, 4) is 0 Å². The van der Waals surface area contributed by atoms with Gasteiger partial charge in [-0.3, -0.25) is 4.79 Å². The normalized spacial score (nSPS) is 13.1. The molecule has 1 rings (SSSR count). The Balaban J connectivity index is 0.00000256. The number of hydrogen-bond donors (Lipinski definition) is 3. The summed E-state index contributed by atoms with van der Waals surface area (Å²) >= 11 is 0. The summed E-state index contributed by atoms with van der Waals surface area (Å²) in [4.78, 5) is 21.4. The Labute approximate surface area is 140 Å². The summed E-state index contributed by atoms with van der Waals surface area (Å²) in [7, 11) is 0. The van der Waals surface area contributed by atoms with Crippen LogP contribution in [-0.4, -0.2) is 34.3 Å². The number of aliphatic carboxylic acids is 1. The van der Waals surface area contributed by atoms with Crippen LogP contribution in [0.25, 0.3) is 0 Å². The van der Waals surface area contributed by atoms with Crippen LogP contribution in [-0.2, 0) is 9.59 Å². The summed E-state index contributed by atoms with van der Waals surface area (Å²) in [5.74, 6) is -2.92. The topological polar surface area (TPSA) is 110 Å². The first-order chi connectivity index (χ1) is 7.52. The monoisotopic (exact) mass is 263 g/mol. The minimum atomic E-state index is -2.25. The average molecular weight is 263 g/mol. The van der Waals surface area contributed by atoms with Gasteiger partial charge in [0, 0.05) is 5.69 Å². The fourth-order valence-electron chi connectivity index (χ4n) is 1.01. The van der Waals surface area contributed by atoms with Crippen LogP contribution in [0.5, 0.6) is 0 Å². The summed E-state index contributed by atoms with van der Waals surface area (Å²) in [6.07, 6.45) is -4.31. The number of carbonyl (C=O) groups is 2. The molecule has 17 heavy (non-hydrogen) atoms. The predicted molar refractivity (Wildman–Crippen MR) is 52.1 cm³/mol. The van der Waals surface area contributed by atoms with E-state index in [4.69, 9.17) is 10.2 Å². The van der Waals surface area contributed by atoms with Gasteiger partial charge in [0.25, 0.3) is 5.91 Å². The zero-order chi connectivity index (χ0) is 12.1. The number of carbonyl (C=O) groups excluding carboxylic acids is 2. The number of para-hydroxylation sites is 1. The van der Waals surface area contributed by atoms with Gasteiger partial charge in [-0.2, -0.15) is 0 Å². The van der Waals surface area contributed by atoms with Gasteiger partial charge in [-0.1, -0.05) is 18.2 Å². The van der Waals surface area contributed by atoms with Gasteiger partial charge in [0.05, 0.1) is 5.97 Å². The molecule has 86 valence electrons. The number of aliphatic hydroxyl groups excluding tert-OH is 2. The number of hydrogen-bond acceptors (Lipinski definition) is 5. The van der Waals surface area contributed by atoms with Gasteiger partial charge in [0.2, 0.25) is 0 Å². The fraction of sp³-hybridized carbons (Fsp3) is 0.200. The Morgan fingerprint density at radius 1 is 1.12 bits per heavy atom. The molecule has 1 amide bonds. The van der Waals surface area contributed by atoms with Gasteiger partial charge >= 0.3 is 51.4 Å². The molecule has 0 aliphatic heterocycles. The summed E-state index contributed by atoms with van der Waals surface area (Å²) in [5, 5.41) is 30.4. The Hall–Kier alpha value is -0.284. The first-order valence-electron chi connectivity index (χ1n) is 4.45. The molecular formula is C10H10KNO5. The maximum Gasteiger partial charge on any atom is 1.00 e. The zero-order valence-electron chi connectivity index (χ0n) is 9.16. The Bertz CT molecular complexity index is 384. The minimum Gasteiger partial charge on any atom is -0.547 e. The van der Waals surface area contributed by atoms with Crippen LogP contribution in [0.15, 0.2) is 30.3 Å². The second-order valence-corrected chi connectivity index (χ2v) is 3.06. The van der Waals surface area contributed by atoms with Crippen molar-refractivity contribution in [2.24, 2.45) is 0 Å². The molecule has 0 unspecified atom stereocenters. The maximum atomic E-state index is 11.2. The zero-order valence-corrected chi connectivity index (χ0v) is 12.3. The Morgan fingerprint density at radius 3 is 2.12 bits per heavy atom. The second-order valence-electron chi connectivity index (χ2n) is 3.06. The standard InChI is InChI=1S/C10H11NO5.K/c12-7(8(13)10(15)16)9(14)11-6-4-2-1-3-5-6;/h1-5,7-8,12-13H,(H,11,14)(H,15,16);/q;+1/p-1/t7-,8-;/m0./s1. The van der Waals surface area contributed by atoms with E-state index in [-0.39, 0.29) is 51.4 Å². The third-order valence-corrected chi connectivity index (χ3v) is 1.85. The van der Waals surface area contributed by atoms with Crippen molar-refractivity contribution in [1.82, 2.24) is 0 Å². The minimum absolute atomic E-state index is 0. The van der Waals surface area contributed by atoms with E-state index in [1.54, 1.807) is 30.3 Å². The van der Waals surface area contributed by atoms with Crippen LogP contribution in [0, 0.1) is 0 Å². The van der Waals surface area contributed by atoms with E-state index in [0.717, 1.165) is 0 Å². The van der Waals surface area contributed by atoms with Crippen LogP contribution in [0.3, 0.4) is 0 Å². The molecular weight excluding hydrogens is 253 g/mol. The number of carboxylic acids is 1. The molecule has 1 aromatic carbocycles. The Kier molecular flexibility index (Phi) is 7.80. The van der Waals surface area contributed by atoms with Gasteiger partial charge in [-0.15, -0.1) is 0 Å². The largest absolute Gasteiger partial charge is 1.00 e. The SMILES string of the molecule is O=C([O-])[C@@H](O)[C@H](O)C(=O)Nc1ccccc1.[K+]. The number of anilines is 1. The second kappa shape index (κ2) is 7.93. The molecule has 6 nitrogen and oxygen atoms in total. The molecule has 0 aliphatic carbocycles. The van der Waals surface area contributed by atoms with Gasteiger partial charge in [-0.05, 0) is 12.1 Å². The van der Waals surface area contributed by atoms with Crippen molar-refractivity contribution in [1.29, 1.82) is 0 Å². The van der Waals surface area contributed by atoms with Crippen molar-refractivity contribution in [2.45, 2.75) is 12.2 Å². The summed E-state index contributed by atoms with van der Waals surface area (Å²) in [5.41, 5.74) is 0.386. The van der Waals surface area contributed by atoms with E-state index >= 15 is 0 Å². The number of rotatable bonds is 4. The van der Waals surface area contributed by atoms with Gasteiger partial charge < -0.3 is 25.4 Å². The third-order valence-electron chi connectivity index (χ3n) is 1.85. The van der Waals surface area contributed by atoms with E-state index < -0.39 is 24.1 Å². The van der Waals surface area contributed by atoms with Crippen LogP contribution < -0.4 is 61.8 Å². The fourth-order valence-corrected chi connectivity index (χ4v) is 1.01. The number of nitrogens with one attached hydrogen (secondary N) is 1. The van der Waals surface area contributed by atoms with E-state index in [9.17, 15) is 14.7 Å². The van der Waals surface area contributed by atoms with Crippen molar-refractivity contribution in [3.05, 3.63) is 30.3 Å². The van der Waals surface area contributed by atoms with Crippen molar-refractivity contribution in [3.63, 3.8) is 0 Å². The maximum absolute atomic E-state index is 11.2. The quantitative estimate of drug-likeness (QED) is 0.472. The molecule has 7 heteroatoms. The number of benzene rings is 1. The number of carboxylic acid groups (broad SMARTS) is 1. The van der Waals surface area contributed by atoms with Crippen molar-refractivity contribution in [2.75, 3.05) is 5.32 Å². The third kappa shape index (κ3) is 5.26. The molecule has 0 spiro atoms. The van der Waals surface area contributed by atoms with Crippen molar-refractivity contribution >= 4 is 17.6 Å². The molecule has 2 atom stereocenters. The molecule has 0 heterocycles. The number of amides is 1. The Morgan fingerprint density at radius 2 is 1.65 bits per heavy atom. The van der Waals surface area contributed by atoms with Crippen LogP contribution in [0.2, 0.25) is 0 Å². The van der Waals surface area contributed by atoms with Crippen molar-refractivity contribution < 1.29 is 76.3 Å². The first kappa shape index (κ1) is 16.7. The van der Waals surface area contributed by atoms with E-state index in [2.05, 4.69) is 5.32 Å². The molecule has 1 aromatic rings. The van der Waals surface area contributed by atoms with Gasteiger partial charge in [-0.25, -0.2) is 0 Å². The summed E-state index contributed by atoms with van der Waals surface area (Å²) in [6, 6.07) is 8.13. The van der Waals surface area contributed by atoms with Gasteiger partial charge in [0.15, 0.2) is 6.10 Å². The van der Waals surface area contributed by atoms with E-state index in [1.165, 1.54) is 0 Å². The van der Waals surface area contributed by atoms with Crippen LogP contribution in [0.1, 0.15) is 0 Å². The van der Waals surface area contributed by atoms with E-state index in [0.29, 0.717) is 5.69 Å². The van der Waals surface area contributed by atoms with Gasteiger partial charge in [0.1, 0.15) is 6.10 Å². The molecule has 0 radical (unpaired) electrons. The summed E-state index contributed by atoms with van der Waals surface area (Å²) in [6.45, 7) is 0. The average Bonchev–Trinajstić information content (AvgIpc) is 2.28. The molecule has 0 aliphatic rings. The van der Waals surface area contributed by atoms with E-state index in [1.807, 2.05) is 0 Å². The van der Waals surface area contributed by atoms with Crippen LogP contribution >= 0.6 is 0 Å². The smallest absolute Gasteiger partial charge is 0.547 e. The number of aliphatic hydroxyl groups is 2. The predicted octanol–water partition coefficient (Wildman–Crippen LogP) is -4.90. The molecule has 0 aromatic heterocycles. The molecule has 0 bridgehead atoms. The van der Waals surface area contributed by atoms with Crippen LogP contribution in [0.4, 0.5) is 5.69 Å². The molecule has 3 N–H and O–H groups in total. The molecule has 0 saturated carbocycles.